The van der Waals surface area contributed by atoms with Crippen LogP contribution in [0.5, 0.6) is 5.75 Å². The van der Waals surface area contributed by atoms with E-state index in [1.165, 1.54) is 36.4 Å². The summed E-state index contributed by atoms with van der Waals surface area (Å²) in [5.74, 6) is -1.22. The van der Waals surface area contributed by atoms with Gasteiger partial charge in [0.05, 0.1) is 11.6 Å². The zero-order valence-electron chi connectivity index (χ0n) is 11.9. The van der Waals surface area contributed by atoms with Gasteiger partial charge in [0.2, 0.25) is 0 Å². The Kier molecular flexibility index (Phi) is 5.25. The Morgan fingerprint density at radius 1 is 1.13 bits per heavy atom. The number of hydrogen-bond acceptors (Lipinski definition) is 4. The molecule has 2 N–H and O–H groups in total. The van der Waals surface area contributed by atoms with E-state index in [9.17, 15) is 14.0 Å². The highest BCUT2D eigenvalue weighted by molar-refractivity contribution is 5.95. The number of nitrogens with one attached hydrogen (secondary N) is 2. The molecule has 2 rings (SSSR count). The lowest BCUT2D eigenvalue weighted by Crippen LogP contribution is -2.43. The summed E-state index contributed by atoms with van der Waals surface area (Å²) in [7, 11) is 0. The van der Waals surface area contributed by atoms with Gasteiger partial charge in [-0.15, -0.1) is 0 Å². The third kappa shape index (κ3) is 4.82. The number of rotatable bonds is 4. The molecule has 2 aromatic rings. The average molecular weight is 313 g/mol. The van der Waals surface area contributed by atoms with Crippen molar-refractivity contribution in [3.63, 3.8) is 0 Å². The third-order valence-corrected chi connectivity index (χ3v) is 2.75. The average Bonchev–Trinajstić information content (AvgIpc) is 2.59. The van der Waals surface area contributed by atoms with E-state index in [0.29, 0.717) is 11.3 Å². The highest BCUT2D eigenvalue weighted by atomic mass is 19.1. The third-order valence-electron chi connectivity index (χ3n) is 2.75. The van der Waals surface area contributed by atoms with Gasteiger partial charge in [-0.05, 0) is 42.5 Å². The van der Waals surface area contributed by atoms with Crippen LogP contribution in [0.4, 0.5) is 4.39 Å². The monoisotopic (exact) mass is 313 g/mol. The van der Waals surface area contributed by atoms with Crippen molar-refractivity contribution >= 4 is 11.8 Å². The van der Waals surface area contributed by atoms with Crippen LogP contribution < -0.4 is 15.6 Å². The van der Waals surface area contributed by atoms with Gasteiger partial charge in [-0.2, -0.15) is 5.26 Å². The van der Waals surface area contributed by atoms with Gasteiger partial charge in [0.1, 0.15) is 11.6 Å². The van der Waals surface area contributed by atoms with Gasteiger partial charge < -0.3 is 4.74 Å². The Morgan fingerprint density at radius 2 is 1.87 bits per heavy atom. The first-order valence-electron chi connectivity index (χ1n) is 6.56. The molecular formula is C16H12FN3O3. The number of amides is 2. The number of nitrogens with zero attached hydrogens (tertiary/aromatic N) is 1. The van der Waals surface area contributed by atoms with E-state index in [0.717, 1.165) is 0 Å². The largest absolute Gasteiger partial charge is 0.484 e. The van der Waals surface area contributed by atoms with Crippen LogP contribution in [0.25, 0.3) is 0 Å². The fourth-order valence-electron chi connectivity index (χ4n) is 1.64. The number of benzene rings is 2. The summed E-state index contributed by atoms with van der Waals surface area (Å²) in [5.41, 5.74) is 4.96. The highest BCUT2D eigenvalue weighted by Crippen LogP contribution is 2.10. The minimum absolute atomic E-state index is 0.240. The van der Waals surface area contributed by atoms with Crippen LogP contribution in [-0.2, 0) is 4.79 Å². The van der Waals surface area contributed by atoms with Crippen molar-refractivity contribution in [2.24, 2.45) is 0 Å². The number of carbonyl (C=O) groups excluding carboxylic acids is 2. The Morgan fingerprint density at radius 3 is 2.57 bits per heavy atom. The lowest BCUT2D eigenvalue weighted by Gasteiger charge is -2.09. The molecule has 0 fully saturated rings. The van der Waals surface area contributed by atoms with E-state index >= 15 is 0 Å². The molecule has 116 valence electrons. The standard InChI is InChI=1S/C16H12FN3O3/c17-13-4-6-14(7-5-13)23-10-15(21)19-20-16(22)12-3-1-2-11(8-12)9-18/h1-8H,10H2,(H,19,21)(H,20,22). The van der Waals surface area contributed by atoms with Gasteiger partial charge in [-0.1, -0.05) is 6.07 Å². The van der Waals surface area contributed by atoms with Crippen molar-refractivity contribution in [1.82, 2.24) is 10.9 Å². The maximum absolute atomic E-state index is 12.7. The predicted octanol–water partition coefficient (Wildman–Crippen LogP) is 1.54. The second kappa shape index (κ2) is 7.56. The summed E-state index contributed by atoms with van der Waals surface area (Å²) >= 11 is 0. The molecule has 0 aliphatic rings. The first kappa shape index (κ1) is 16.0. The van der Waals surface area contributed by atoms with Crippen molar-refractivity contribution in [2.45, 2.75) is 0 Å². The molecule has 0 atom stereocenters. The predicted molar refractivity (Wildman–Crippen MR) is 78.7 cm³/mol. The first-order chi connectivity index (χ1) is 11.1. The van der Waals surface area contributed by atoms with E-state index in [1.807, 2.05) is 6.07 Å². The first-order valence-corrected chi connectivity index (χ1v) is 6.56. The quantitative estimate of drug-likeness (QED) is 0.838. The number of halogens is 1. The molecule has 23 heavy (non-hydrogen) atoms. The van der Waals surface area contributed by atoms with E-state index in [2.05, 4.69) is 10.9 Å². The second-order valence-electron chi connectivity index (χ2n) is 4.44. The molecule has 0 aromatic heterocycles. The lowest BCUT2D eigenvalue weighted by molar-refractivity contribution is -0.123. The van der Waals surface area contributed by atoms with Gasteiger partial charge in [0.15, 0.2) is 6.61 Å². The van der Waals surface area contributed by atoms with E-state index < -0.39 is 17.6 Å². The van der Waals surface area contributed by atoms with Gasteiger partial charge in [0, 0.05) is 5.56 Å². The summed E-state index contributed by atoms with van der Waals surface area (Å²) < 4.78 is 17.8. The molecule has 2 amide bonds. The van der Waals surface area contributed by atoms with Gasteiger partial charge in [-0.3, -0.25) is 20.4 Å². The molecular weight excluding hydrogens is 301 g/mol. The zero-order chi connectivity index (χ0) is 16.7. The number of hydrazine groups is 1. The van der Waals surface area contributed by atoms with Crippen molar-refractivity contribution in [3.05, 3.63) is 65.5 Å². The van der Waals surface area contributed by atoms with Gasteiger partial charge in [-0.25, -0.2) is 4.39 Å². The van der Waals surface area contributed by atoms with Crippen LogP contribution in [-0.4, -0.2) is 18.4 Å². The van der Waals surface area contributed by atoms with Crippen LogP contribution in [0.3, 0.4) is 0 Å². The Balaban J connectivity index is 1.80. The lowest BCUT2D eigenvalue weighted by atomic mass is 10.1. The number of hydrogen-bond donors (Lipinski definition) is 2. The zero-order valence-corrected chi connectivity index (χ0v) is 11.9. The van der Waals surface area contributed by atoms with Crippen molar-refractivity contribution in [3.8, 4) is 11.8 Å². The van der Waals surface area contributed by atoms with Crippen molar-refractivity contribution in [1.29, 1.82) is 5.26 Å². The maximum Gasteiger partial charge on any atom is 0.276 e. The van der Waals surface area contributed by atoms with Crippen LogP contribution in [0.1, 0.15) is 15.9 Å². The van der Waals surface area contributed by atoms with Gasteiger partial charge in [0.25, 0.3) is 11.8 Å². The normalized spacial score (nSPS) is 9.57. The highest BCUT2D eigenvalue weighted by Gasteiger charge is 2.08. The SMILES string of the molecule is N#Cc1cccc(C(=O)NNC(=O)COc2ccc(F)cc2)c1. The molecule has 0 spiro atoms. The molecule has 0 saturated carbocycles. The molecule has 0 saturated heterocycles. The molecule has 2 aromatic carbocycles. The topological polar surface area (TPSA) is 91.2 Å². The van der Waals surface area contributed by atoms with Crippen molar-refractivity contribution in [2.75, 3.05) is 6.61 Å². The molecule has 7 heteroatoms. The molecule has 6 nitrogen and oxygen atoms in total. The molecule has 0 radical (unpaired) electrons. The summed E-state index contributed by atoms with van der Waals surface area (Å²) in [6.45, 7) is -0.343. The number of nitriles is 1. The molecule has 0 heterocycles. The fraction of sp³-hybridized carbons (Fsp3) is 0.0625. The summed E-state index contributed by atoms with van der Waals surface area (Å²) in [6.07, 6.45) is 0. The fourth-order valence-corrected chi connectivity index (χ4v) is 1.64. The van der Waals surface area contributed by atoms with Crippen LogP contribution in [0.15, 0.2) is 48.5 Å². The Bertz CT molecular complexity index is 754. The van der Waals surface area contributed by atoms with Crippen LogP contribution in [0, 0.1) is 17.1 Å². The maximum atomic E-state index is 12.7. The Hall–Kier alpha value is -3.40. The van der Waals surface area contributed by atoms with Crippen LogP contribution in [0.2, 0.25) is 0 Å². The van der Waals surface area contributed by atoms with E-state index in [-0.39, 0.29) is 12.2 Å². The van der Waals surface area contributed by atoms with Crippen LogP contribution >= 0.6 is 0 Å². The summed E-state index contributed by atoms with van der Waals surface area (Å²) in [4.78, 5) is 23.4. The smallest absolute Gasteiger partial charge is 0.276 e. The minimum Gasteiger partial charge on any atom is -0.484 e. The van der Waals surface area contributed by atoms with E-state index in [1.54, 1.807) is 12.1 Å². The van der Waals surface area contributed by atoms with Gasteiger partial charge >= 0.3 is 0 Å². The minimum atomic E-state index is -0.584. The number of carbonyl (C=O) groups is 2. The summed E-state index contributed by atoms with van der Waals surface area (Å²) in [5, 5.41) is 8.77. The Labute approximate surface area is 131 Å². The summed E-state index contributed by atoms with van der Waals surface area (Å²) in [6, 6.07) is 13.1. The molecule has 0 aliphatic heterocycles. The second-order valence-corrected chi connectivity index (χ2v) is 4.44. The van der Waals surface area contributed by atoms with Crippen molar-refractivity contribution < 1.29 is 18.7 Å². The molecule has 0 bridgehead atoms. The number of ether oxygens (including phenoxy) is 1. The van der Waals surface area contributed by atoms with E-state index in [4.69, 9.17) is 10.00 Å². The molecule has 0 unspecified atom stereocenters. The molecule has 0 aliphatic carbocycles.